The van der Waals surface area contributed by atoms with Crippen LogP contribution >= 0.6 is 0 Å². The van der Waals surface area contributed by atoms with E-state index in [2.05, 4.69) is 10.6 Å². The molecule has 0 bridgehead atoms. The van der Waals surface area contributed by atoms with Crippen LogP contribution < -0.4 is 10.6 Å². The number of carbonyl (C=O) groups is 2. The average Bonchev–Trinajstić information content (AvgIpc) is 2.98. The largest absolute Gasteiger partial charge is 0.376 e. The number of nitrogens with one attached hydrogen (secondary N) is 2. The minimum absolute atomic E-state index is 0.00154. The zero-order valence-electron chi connectivity index (χ0n) is 10.9. The summed E-state index contributed by atoms with van der Waals surface area (Å²) in [7, 11) is 0. The van der Waals surface area contributed by atoms with Crippen molar-refractivity contribution in [2.75, 3.05) is 18.5 Å². The summed E-state index contributed by atoms with van der Waals surface area (Å²) in [6.07, 6.45) is 1.89. The van der Waals surface area contributed by atoms with Crippen LogP contribution in [0.25, 0.3) is 0 Å². The summed E-state index contributed by atoms with van der Waals surface area (Å²) in [5.74, 6) is -1.42. The molecule has 1 aliphatic heterocycles. The molecule has 1 unspecified atom stereocenters. The van der Waals surface area contributed by atoms with Gasteiger partial charge in [-0.05, 0) is 37.1 Å². The number of ether oxygens (including phenoxy) is 1. The molecule has 0 saturated carbocycles. The Labute approximate surface area is 116 Å². The molecule has 1 fully saturated rings. The number of nitriles is 1. The van der Waals surface area contributed by atoms with Gasteiger partial charge in [-0.3, -0.25) is 9.59 Å². The fourth-order valence-electron chi connectivity index (χ4n) is 1.91. The van der Waals surface area contributed by atoms with Crippen molar-refractivity contribution in [2.45, 2.75) is 18.9 Å². The van der Waals surface area contributed by atoms with Crippen LogP contribution in [0, 0.1) is 11.3 Å². The first kappa shape index (κ1) is 14.0. The minimum atomic E-state index is -0.729. The highest BCUT2D eigenvalue weighted by Gasteiger charge is 2.19. The third kappa shape index (κ3) is 3.80. The second kappa shape index (κ2) is 6.68. The maximum atomic E-state index is 11.6. The lowest BCUT2D eigenvalue weighted by Gasteiger charge is -2.10. The number of hydrogen-bond donors (Lipinski definition) is 2. The standard InChI is InChI=1S/C14H15N3O3/c15-8-10-3-5-11(6-4-10)17-14(19)13(18)16-9-12-2-1-7-20-12/h3-6,12H,1-2,7,9H2,(H,16,18)(H,17,19). The van der Waals surface area contributed by atoms with Crippen LogP contribution in [0.3, 0.4) is 0 Å². The molecule has 0 spiro atoms. The van der Waals surface area contributed by atoms with Crippen LogP contribution in [0.2, 0.25) is 0 Å². The summed E-state index contributed by atoms with van der Waals surface area (Å²) in [5.41, 5.74) is 0.965. The highest BCUT2D eigenvalue weighted by molar-refractivity contribution is 6.39. The van der Waals surface area contributed by atoms with E-state index in [1.807, 2.05) is 6.07 Å². The average molecular weight is 273 g/mol. The number of rotatable bonds is 3. The van der Waals surface area contributed by atoms with Crippen molar-refractivity contribution in [1.82, 2.24) is 5.32 Å². The molecule has 1 aromatic carbocycles. The van der Waals surface area contributed by atoms with E-state index in [0.29, 0.717) is 24.4 Å². The molecular formula is C14H15N3O3. The second-order valence-corrected chi connectivity index (χ2v) is 4.49. The molecule has 1 heterocycles. The lowest BCUT2D eigenvalue weighted by molar-refractivity contribution is -0.136. The van der Waals surface area contributed by atoms with Gasteiger partial charge in [0, 0.05) is 18.8 Å². The maximum absolute atomic E-state index is 11.6. The molecule has 6 nitrogen and oxygen atoms in total. The SMILES string of the molecule is N#Cc1ccc(NC(=O)C(=O)NCC2CCCO2)cc1. The molecule has 104 valence electrons. The predicted molar refractivity (Wildman–Crippen MR) is 71.8 cm³/mol. The van der Waals surface area contributed by atoms with Gasteiger partial charge < -0.3 is 15.4 Å². The molecule has 1 aromatic rings. The van der Waals surface area contributed by atoms with E-state index in [0.717, 1.165) is 12.8 Å². The molecular weight excluding hydrogens is 258 g/mol. The Balaban J connectivity index is 1.80. The highest BCUT2D eigenvalue weighted by atomic mass is 16.5. The van der Waals surface area contributed by atoms with Gasteiger partial charge in [0.05, 0.1) is 17.7 Å². The van der Waals surface area contributed by atoms with E-state index in [9.17, 15) is 9.59 Å². The normalized spacial score (nSPS) is 17.2. The van der Waals surface area contributed by atoms with Gasteiger partial charge >= 0.3 is 11.8 Å². The van der Waals surface area contributed by atoms with Gasteiger partial charge in [0.15, 0.2) is 0 Å². The topological polar surface area (TPSA) is 91.2 Å². The first-order valence-electron chi connectivity index (χ1n) is 6.40. The van der Waals surface area contributed by atoms with Gasteiger partial charge in [-0.2, -0.15) is 5.26 Å². The number of anilines is 1. The van der Waals surface area contributed by atoms with E-state index in [-0.39, 0.29) is 6.10 Å². The zero-order valence-corrected chi connectivity index (χ0v) is 10.9. The Morgan fingerprint density at radius 2 is 2.05 bits per heavy atom. The second-order valence-electron chi connectivity index (χ2n) is 4.49. The van der Waals surface area contributed by atoms with Crippen LogP contribution in [-0.2, 0) is 14.3 Å². The quantitative estimate of drug-likeness (QED) is 0.797. The third-order valence-electron chi connectivity index (χ3n) is 2.99. The van der Waals surface area contributed by atoms with Gasteiger partial charge in [-0.25, -0.2) is 0 Å². The Kier molecular flexibility index (Phi) is 4.69. The van der Waals surface area contributed by atoms with Gasteiger partial charge in [0.25, 0.3) is 0 Å². The molecule has 0 radical (unpaired) electrons. The van der Waals surface area contributed by atoms with Crippen molar-refractivity contribution in [3.63, 3.8) is 0 Å². The van der Waals surface area contributed by atoms with Crippen LogP contribution in [-0.4, -0.2) is 31.1 Å². The molecule has 1 aliphatic rings. The Hall–Kier alpha value is -2.39. The summed E-state index contributed by atoms with van der Waals surface area (Å²) >= 11 is 0. The summed E-state index contributed by atoms with van der Waals surface area (Å²) in [6, 6.07) is 8.26. The number of hydrogen-bond acceptors (Lipinski definition) is 4. The smallest absolute Gasteiger partial charge is 0.313 e. The lowest BCUT2D eigenvalue weighted by atomic mass is 10.2. The number of benzene rings is 1. The zero-order chi connectivity index (χ0) is 14.4. The fraction of sp³-hybridized carbons (Fsp3) is 0.357. The number of amides is 2. The molecule has 0 aliphatic carbocycles. The third-order valence-corrected chi connectivity index (χ3v) is 2.99. The molecule has 2 rings (SSSR count). The molecule has 6 heteroatoms. The van der Waals surface area contributed by atoms with Crippen LogP contribution in [0.15, 0.2) is 24.3 Å². The molecule has 2 N–H and O–H groups in total. The lowest BCUT2D eigenvalue weighted by Crippen LogP contribution is -2.39. The number of nitrogens with zero attached hydrogens (tertiary/aromatic N) is 1. The Morgan fingerprint density at radius 1 is 1.30 bits per heavy atom. The van der Waals surface area contributed by atoms with Crippen LogP contribution in [0.5, 0.6) is 0 Å². The van der Waals surface area contributed by atoms with Crippen molar-refractivity contribution in [2.24, 2.45) is 0 Å². The first-order valence-corrected chi connectivity index (χ1v) is 6.40. The highest BCUT2D eigenvalue weighted by Crippen LogP contribution is 2.11. The van der Waals surface area contributed by atoms with Gasteiger partial charge in [0.2, 0.25) is 0 Å². The van der Waals surface area contributed by atoms with E-state index in [4.69, 9.17) is 10.00 Å². The first-order chi connectivity index (χ1) is 9.69. The molecule has 2 amide bonds. The van der Waals surface area contributed by atoms with Gasteiger partial charge in [0.1, 0.15) is 0 Å². The van der Waals surface area contributed by atoms with Crippen LogP contribution in [0.1, 0.15) is 18.4 Å². The number of carbonyl (C=O) groups excluding carboxylic acids is 2. The van der Waals surface area contributed by atoms with E-state index < -0.39 is 11.8 Å². The summed E-state index contributed by atoms with van der Waals surface area (Å²) in [5, 5.41) is 13.7. The van der Waals surface area contributed by atoms with E-state index >= 15 is 0 Å². The van der Waals surface area contributed by atoms with Crippen molar-refractivity contribution < 1.29 is 14.3 Å². The van der Waals surface area contributed by atoms with Crippen molar-refractivity contribution in [1.29, 1.82) is 5.26 Å². The summed E-state index contributed by atoms with van der Waals surface area (Å²) in [4.78, 5) is 23.2. The molecule has 1 saturated heterocycles. The molecule has 1 atom stereocenters. The van der Waals surface area contributed by atoms with Crippen LogP contribution in [0.4, 0.5) is 5.69 Å². The van der Waals surface area contributed by atoms with Crippen molar-refractivity contribution >= 4 is 17.5 Å². The maximum Gasteiger partial charge on any atom is 0.313 e. The van der Waals surface area contributed by atoms with Gasteiger partial charge in [-0.15, -0.1) is 0 Å². The molecule has 0 aromatic heterocycles. The monoisotopic (exact) mass is 273 g/mol. The minimum Gasteiger partial charge on any atom is -0.376 e. The van der Waals surface area contributed by atoms with Crippen molar-refractivity contribution in [3.05, 3.63) is 29.8 Å². The predicted octanol–water partition coefficient (Wildman–Crippen LogP) is 0.792. The molecule has 20 heavy (non-hydrogen) atoms. The summed E-state index contributed by atoms with van der Waals surface area (Å²) in [6.45, 7) is 1.05. The Bertz CT molecular complexity index is 528. The fourth-order valence-corrected chi connectivity index (χ4v) is 1.91. The van der Waals surface area contributed by atoms with Crippen molar-refractivity contribution in [3.8, 4) is 6.07 Å². The Morgan fingerprint density at radius 3 is 2.65 bits per heavy atom. The van der Waals surface area contributed by atoms with E-state index in [1.165, 1.54) is 0 Å². The summed E-state index contributed by atoms with van der Waals surface area (Å²) < 4.78 is 5.35. The van der Waals surface area contributed by atoms with Gasteiger partial charge in [-0.1, -0.05) is 0 Å². The van der Waals surface area contributed by atoms with E-state index in [1.54, 1.807) is 24.3 Å².